The molecule has 2 aromatic carbocycles. The predicted octanol–water partition coefficient (Wildman–Crippen LogP) is 3.81. The standard InChI is InChI=1S/C27H20ClN5O3/c28-19-5-6-20-23-16(9-21(34)31-24(19)23)12-33(20)13-22(35)30-17-4-3-14-10-27(11-15(14)8-17)18-2-1-7-29-25(18)32-26(27)36/h1-8,12H,9-11,13H2,(H,30,35)(H,31,34)(H,29,32,36). The van der Waals surface area contributed by atoms with Crippen molar-refractivity contribution in [2.45, 2.75) is 31.2 Å². The summed E-state index contributed by atoms with van der Waals surface area (Å²) >= 11 is 6.29. The summed E-state index contributed by atoms with van der Waals surface area (Å²) in [5.41, 5.74) is 5.40. The van der Waals surface area contributed by atoms with Crippen molar-refractivity contribution in [2.75, 3.05) is 16.0 Å². The van der Waals surface area contributed by atoms with Crippen molar-refractivity contribution in [3.8, 4) is 0 Å². The summed E-state index contributed by atoms with van der Waals surface area (Å²) in [6, 6.07) is 13.2. The quantitative estimate of drug-likeness (QED) is 0.400. The lowest BCUT2D eigenvalue weighted by molar-refractivity contribution is -0.120. The van der Waals surface area contributed by atoms with Gasteiger partial charge < -0.3 is 20.5 Å². The minimum Gasteiger partial charge on any atom is -0.338 e. The zero-order chi connectivity index (χ0) is 24.6. The number of hydrogen-bond donors (Lipinski definition) is 3. The van der Waals surface area contributed by atoms with Gasteiger partial charge in [-0.3, -0.25) is 14.4 Å². The van der Waals surface area contributed by atoms with Crippen molar-refractivity contribution in [1.29, 1.82) is 0 Å². The molecule has 0 fully saturated rings. The van der Waals surface area contributed by atoms with Gasteiger partial charge in [0, 0.05) is 29.0 Å². The highest BCUT2D eigenvalue weighted by atomic mass is 35.5. The fourth-order valence-corrected chi connectivity index (χ4v) is 6.10. The molecule has 9 heteroatoms. The fourth-order valence-electron chi connectivity index (χ4n) is 5.90. The van der Waals surface area contributed by atoms with Crippen LogP contribution in [-0.4, -0.2) is 27.3 Å². The Bertz CT molecular complexity index is 1660. The van der Waals surface area contributed by atoms with Gasteiger partial charge in [-0.1, -0.05) is 23.7 Å². The third-order valence-electron chi connectivity index (χ3n) is 7.47. The van der Waals surface area contributed by atoms with Crippen LogP contribution in [0.2, 0.25) is 5.02 Å². The fraction of sp³-hybridized carbons (Fsp3) is 0.185. The van der Waals surface area contributed by atoms with Crippen molar-refractivity contribution < 1.29 is 14.4 Å². The van der Waals surface area contributed by atoms with Gasteiger partial charge in [0.1, 0.15) is 12.4 Å². The zero-order valence-electron chi connectivity index (χ0n) is 19.0. The number of benzene rings is 2. The third-order valence-corrected chi connectivity index (χ3v) is 7.78. The van der Waals surface area contributed by atoms with Crippen LogP contribution in [0.1, 0.15) is 22.3 Å². The molecule has 1 aliphatic carbocycles. The number of amides is 3. The second kappa shape index (κ2) is 7.41. The molecule has 4 heterocycles. The van der Waals surface area contributed by atoms with Gasteiger partial charge in [-0.25, -0.2) is 4.98 Å². The van der Waals surface area contributed by atoms with Crippen molar-refractivity contribution in [3.63, 3.8) is 0 Å². The Morgan fingerprint density at radius 2 is 1.94 bits per heavy atom. The molecule has 2 aliphatic heterocycles. The van der Waals surface area contributed by atoms with Crippen LogP contribution in [0, 0.1) is 0 Å². The van der Waals surface area contributed by atoms with E-state index in [0.717, 1.165) is 33.2 Å². The molecule has 1 spiro atoms. The highest BCUT2D eigenvalue weighted by molar-refractivity contribution is 6.36. The van der Waals surface area contributed by atoms with Gasteiger partial charge in [0.15, 0.2) is 0 Å². The number of halogens is 1. The number of carbonyl (C=O) groups is 3. The molecule has 3 amide bonds. The summed E-state index contributed by atoms with van der Waals surface area (Å²) < 4.78 is 1.84. The predicted molar refractivity (Wildman–Crippen MR) is 136 cm³/mol. The van der Waals surface area contributed by atoms with Crippen LogP contribution in [-0.2, 0) is 45.6 Å². The number of anilines is 3. The first-order chi connectivity index (χ1) is 17.4. The number of nitrogens with one attached hydrogen (secondary N) is 3. The number of rotatable bonds is 3. The average molecular weight is 498 g/mol. The van der Waals surface area contributed by atoms with Gasteiger partial charge in [0.25, 0.3) is 0 Å². The monoisotopic (exact) mass is 497 g/mol. The number of nitrogens with zero attached hydrogens (tertiary/aromatic N) is 2. The van der Waals surface area contributed by atoms with E-state index in [1.807, 2.05) is 47.2 Å². The van der Waals surface area contributed by atoms with Gasteiger partial charge in [-0.15, -0.1) is 0 Å². The lowest BCUT2D eigenvalue weighted by Crippen LogP contribution is -2.35. The van der Waals surface area contributed by atoms with Crippen LogP contribution in [0.4, 0.5) is 17.2 Å². The van der Waals surface area contributed by atoms with Gasteiger partial charge in [-0.2, -0.15) is 0 Å². The maximum atomic E-state index is 13.0. The van der Waals surface area contributed by atoms with Crippen LogP contribution in [0.5, 0.6) is 0 Å². The molecule has 3 aliphatic rings. The first-order valence-electron chi connectivity index (χ1n) is 11.7. The lowest BCUT2D eigenvalue weighted by Gasteiger charge is -2.20. The Kier molecular flexibility index (Phi) is 4.35. The average Bonchev–Trinajstić information content (AvgIpc) is 3.48. The maximum Gasteiger partial charge on any atom is 0.244 e. The molecule has 178 valence electrons. The lowest BCUT2D eigenvalue weighted by atomic mass is 9.79. The minimum absolute atomic E-state index is 0.0296. The van der Waals surface area contributed by atoms with Crippen molar-refractivity contribution >= 4 is 57.4 Å². The Labute approximate surface area is 210 Å². The van der Waals surface area contributed by atoms with E-state index in [1.54, 1.807) is 12.3 Å². The first kappa shape index (κ1) is 21.1. The largest absolute Gasteiger partial charge is 0.338 e. The summed E-state index contributed by atoms with van der Waals surface area (Å²) in [4.78, 5) is 42.3. The van der Waals surface area contributed by atoms with E-state index in [-0.39, 0.29) is 30.7 Å². The zero-order valence-corrected chi connectivity index (χ0v) is 19.8. The third kappa shape index (κ3) is 3.01. The van der Waals surface area contributed by atoms with Crippen LogP contribution in [0.25, 0.3) is 10.9 Å². The highest BCUT2D eigenvalue weighted by Gasteiger charge is 2.51. The summed E-state index contributed by atoms with van der Waals surface area (Å²) in [6.07, 6.45) is 4.94. The highest BCUT2D eigenvalue weighted by Crippen LogP contribution is 2.47. The summed E-state index contributed by atoms with van der Waals surface area (Å²) in [6.45, 7) is 0.0915. The number of pyridine rings is 1. The molecular weight excluding hydrogens is 478 g/mol. The Hall–Kier alpha value is -4.17. The van der Waals surface area contributed by atoms with Crippen molar-refractivity contribution in [3.05, 3.63) is 82.1 Å². The smallest absolute Gasteiger partial charge is 0.244 e. The van der Waals surface area contributed by atoms with Gasteiger partial charge in [0.05, 0.1) is 28.1 Å². The summed E-state index contributed by atoms with van der Waals surface area (Å²) in [5.74, 6) is 0.296. The Morgan fingerprint density at radius 3 is 2.83 bits per heavy atom. The van der Waals surface area contributed by atoms with Gasteiger partial charge in [-0.05, 0) is 59.9 Å². The molecule has 1 unspecified atom stereocenters. The molecule has 36 heavy (non-hydrogen) atoms. The SMILES string of the molecule is O=C(Cn1cc2c3c(c(Cl)ccc31)NC(=O)C2)Nc1ccc2c(c1)CC1(C2)C(=O)Nc2ncccc21. The summed E-state index contributed by atoms with van der Waals surface area (Å²) in [7, 11) is 0. The molecule has 4 aromatic rings. The number of aromatic nitrogens is 2. The van der Waals surface area contributed by atoms with Crippen molar-refractivity contribution in [1.82, 2.24) is 9.55 Å². The summed E-state index contributed by atoms with van der Waals surface area (Å²) in [5, 5.41) is 10.1. The topological polar surface area (TPSA) is 105 Å². The van der Waals surface area contributed by atoms with Crippen molar-refractivity contribution in [2.24, 2.45) is 0 Å². The van der Waals surface area contributed by atoms with Crippen LogP contribution < -0.4 is 16.0 Å². The molecule has 2 aromatic heterocycles. The second-order valence-electron chi connectivity index (χ2n) is 9.64. The van der Waals surface area contributed by atoms with E-state index >= 15 is 0 Å². The van der Waals surface area contributed by atoms with Crippen LogP contribution in [0.3, 0.4) is 0 Å². The second-order valence-corrected chi connectivity index (χ2v) is 10.1. The van der Waals surface area contributed by atoms with E-state index in [2.05, 4.69) is 20.9 Å². The first-order valence-corrected chi connectivity index (χ1v) is 12.1. The van der Waals surface area contributed by atoms with E-state index in [9.17, 15) is 14.4 Å². The van der Waals surface area contributed by atoms with E-state index in [1.165, 1.54) is 0 Å². The molecule has 0 saturated heterocycles. The molecule has 3 N–H and O–H groups in total. The van der Waals surface area contributed by atoms with E-state index < -0.39 is 5.41 Å². The molecule has 0 saturated carbocycles. The molecule has 0 bridgehead atoms. The van der Waals surface area contributed by atoms with Gasteiger partial charge in [0.2, 0.25) is 17.7 Å². The molecule has 1 atom stereocenters. The van der Waals surface area contributed by atoms with Crippen LogP contribution in [0.15, 0.2) is 54.9 Å². The number of carbonyl (C=O) groups excluding carboxylic acids is 3. The van der Waals surface area contributed by atoms with E-state index in [4.69, 9.17) is 11.6 Å². The van der Waals surface area contributed by atoms with Crippen LogP contribution >= 0.6 is 11.6 Å². The maximum absolute atomic E-state index is 13.0. The molecule has 0 radical (unpaired) electrons. The Morgan fingerprint density at radius 1 is 1.08 bits per heavy atom. The van der Waals surface area contributed by atoms with E-state index in [0.29, 0.717) is 35.1 Å². The van der Waals surface area contributed by atoms with Gasteiger partial charge >= 0.3 is 0 Å². The molecule has 7 rings (SSSR count). The minimum atomic E-state index is -0.647. The number of fused-ring (bicyclic) bond motifs is 3. The molecule has 8 nitrogen and oxygen atoms in total. The Balaban J connectivity index is 1.14. The number of hydrogen-bond acceptors (Lipinski definition) is 4. The normalized spacial score (nSPS) is 19.2. The molecular formula is C27H20ClN5O3.